The van der Waals surface area contributed by atoms with Gasteiger partial charge in [0, 0.05) is 28.0 Å². The number of aromatic nitrogens is 1. The average Bonchev–Trinajstić information content (AvgIpc) is 3.10. The minimum atomic E-state index is -0.0950. The first kappa shape index (κ1) is 15.7. The zero-order valence-electron chi connectivity index (χ0n) is 12.6. The second kappa shape index (κ2) is 6.58. The van der Waals surface area contributed by atoms with Crippen LogP contribution in [0.4, 0.5) is 0 Å². The van der Waals surface area contributed by atoms with Gasteiger partial charge in [0.1, 0.15) is 0 Å². The van der Waals surface area contributed by atoms with Crippen LogP contribution >= 0.6 is 23.4 Å². The molecule has 1 aliphatic heterocycles. The van der Waals surface area contributed by atoms with Crippen molar-refractivity contribution in [2.45, 2.75) is 10.3 Å². The summed E-state index contributed by atoms with van der Waals surface area (Å²) in [5.41, 5.74) is 11.6. The number of H-pyrrole nitrogens is 1. The normalized spacial score (nSPS) is 17.5. The molecule has 1 atom stereocenters. The van der Waals surface area contributed by atoms with Gasteiger partial charge in [0.2, 0.25) is 0 Å². The topological polar surface area (TPSA) is 69.0 Å². The second-order valence-electron chi connectivity index (χ2n) is 5.47. The van der Waals surface area contributed by atoms with Gasteiger partial charge in [0.05, 0.1) is 10.3 Å². The van der Waals surface area contributed by atoms with Gasteiger partial charge < -0.3 is 4.98 Å². The van der Waals surface area contributed by atoms with E-state index in [1.807, 2.05) is 42.5 Å². The molecule has 2 aromatic carbocycles. The molecule has 4 N–H and O–H groups in total. The molecule has 3 aromatic rings. The van der Waals surface area contributed by atoms with Gasteiger partial charge in [-0.15, -0.1) is 0 Å². The molecular formula is C17H15ClN4OS. The molecule has 0 saturated carbocycles. The minimum absolute atomic E-state index is 0.0604. The van der Waals surface area contributed by atoms with E-state index >= 15 is 0 Å². The number of halogens is 1. The SMILES string of the molecule is O=c1[nH]c2ccc(Cl)cc2c(-c2ccccc2)c1SC1CNNN1. The maximum Gasteiger partial charge on any atom is 0.262 e. The van der Waals surface area contributed by atoms with E-state index in [0.717, 1.165) is 22.0 Å². The van der Waals surface area contributed by atoms with E-state index in [9.17, 15) is 4.79 Å². The zero-order chi connectivity index (χ0) is 16.5. The lowest BCUT2D eigenvalue weighted by Gasteiger charge is -2.15. The van der Waals surface area contributed by atoms with Crippen LogP contribution in [0.5, 0.6) is 0 Å². The third-order valence-electron chi connectivity index (χ3n) is 3.86. The summed E-state index contributed by atoms with van der Waals surface area (Å²) in [7, 11) is 0. The van der Waals surface area contributed by atoms with Crippen LogP contribution in [0.15, 0.2) is 58.2 Å². The molecule has 4 rings (SSSR count). The van der Waals surface area contributed by atoms with Crippen LogP contribution in [0.3, 0.4) is 0 Å². The molecule has 0 aliphatic carbocycles. The van der Waals surface area contributed by atoms with E-state index in [2.05, 4.69) is 21.4 Å². The number of benzene rings is 2. The lowest BCUT2D eigenvalue weighted by atomic mass is 10.0. The average molecular weight is 359 g/mol. The minimum Gasteiger partial charge on any atom is -0.321 e. The molecule has 7 heteroatoms. The van der Waals surface area contributed by atoms with Gasteiger partial charge in [-0.1, -0.05) is 53.7 Å². The fraction of sp³-hybridized carbons (Fsp3) is 0.118. The first-order valence-corrected chi connectivity index (χ1v) is 8.79. The number of aromatic amines is 1. The molecule has 0 bridgehead atoms. The molecule has 0 amide bonds. The van der Waals surface area contributed by atoms with Crippen LogP contribution < -0.4 is 21.9 Å². The maximum absolute atomic E-state index is 12.7. The Bertz CT molecular complexity index is 938. The third-order valence-corrected chi connectivity index (χ3v) is 5.29. The highest BCUT2D eigenvalue weighted by atomic mass is 35.5. The van der Waals surface area contributed by atoms with Gasteiger partial charge in [-0.05, 0) is 23.8 Å². The Hall–Kier alpha value is -1.83. The highest BCUT2D eigenvalue weighted by molar-refractivity contribution is 8.00. The van der Waals surface area contributed by atoms with E-state index < -0.39 is 0 Å². The molecule has 1 unspecified atom stereocenters. The number of hydrogen-bond donors (Lipinski definition) is 4. The summed E-state index contributed by atoms with van der Waals surface area (Å²) in [4.78, 5) is 16.4. The first-order chi connectivity index (χ1) is 11.7. The Morgan fingerprint density at radius 1 is 1.12 bits per heavy atom. The van der Waals surface area contributed by atoms with Crippen LogP contribution in [-0.4, -0.2) is 16.9 Å². The summed E-state index contributed by atoms with van der Waals surface area (Å²) in [6.07, 6.45) is 0. The van der Waals surface area contributed by atoms with Crippen LogP contribution in [0, 0.1) is 0 Å². The summed E-state index contributed by atoms with van der Waals surface area (Å²) in [6, 6.07) is 15.5. The highest BCUT2D eigenvalue weighted by Gasteiger charge is 2.21. The van der Waals surface area contributed by atoms with Crippen LogP contribution in [-0.2, 0) is 0 Å². The van der Waals surface area contributed by atoms with Gasteiger partial charge in [-0.25, -0.2) is 10.9 Å². The van der Waals surface area contributed by atoms with E-state index in [1.54, 1.807) is 6.07 Å². The van der Waals surface area contributed by atoms with Gasteiger partial charge in [-0.3, -0.25) is 4.79 Å². The Balaban J connectivity index is 1.98. The predicted molar refractivity (Wildman–Crippen MR) is 98.9 cm³/mol. The van der Waals surface area contributed by atoms with Crippen molar-refractivity contribution in [2.24, 2.45) is 0 Å². The molecule has 5 nitrogen and oxygen atoms in total. The van der Waals surface area contributed by atoms with Gasteiger partial charge in [0.15, 0.2) is 0 Å². The largest absolute Gasteiger partial charge is 0.321 e. The van der Waals surface area contributed by atoms with Crippen molar-refractivity contribution in [3.05, 3.63) is 63.9 Å². The van der Waals surface area contributed by atoms with E-state index in [4.69, 9.17) is 11.6 Å². The molecule has 2 heterocycles. The number of hydrazine groups is 2. The smallest absolute Gasteiger partial charge is 0.262 e. The summed E-state index contributed by atoms with van der Waals surface area (Å²) >= 11 is 7.71. The van der Waals surface area contributed by atoms with Gasteiger partial charge in [-0.2, -0.15) is 5.53 Å². The van der Waals surface area contributed by atoms with E-state index in [0.29, 0.717) is 16.5 Å². The number of pyridine rings is 1. The molecule has 1 aromatic heterocycles. The summed E-state index contributed by atoms with van der Waals surface area (Å²) < 4.78 is 0. The number of thioether (sulfide) groups is 1. The van der Waals surface area contributed by atoms with Crippen LogP contribution in [0.2, 0.25) is 5.02 Å². The number of rotatable bonds is 3. The van der Waals surface area contributed by atoms with Crippen molar-refractivity contribution < 1.29 is 0 Å². The van der Waals surface area contributed by atoms with Crippen molar-refractivity contribution in [3.8, 4) is 11.1 Å². The molecule has 1 fully saturated rings. The maximum atomic E-state index is 12.7. The summed E-state index contributed by atoms with van der Waals surface area (Å²) in [5, 5.41) is 1.64. The lowest BCUT2D eigenvalue weighted by Crippen LogP contribution is -2.32. The molecule has 0 radical (unpaired) electrons. The monoisotopic (exact) mass is 358 g/mol. The van der Waals surface area contributed by atoms with E-state index in [1.165, 1.54) is 11.8 Å². The second-order valence-corrected chi connectivity index (χ2v) is 7.12. The molecule has 122 valence electrons. The highest BCUT2D eigenvalue weighted by Crippen LogP contribution is 2.36. The van der Waals surface area contributed by atoms with Crippen LogP contribution in [0.1, 0.15) is 0 Å². The molecule has 1 saturated heterocycles. The fourth-order valence-corrected chi connectivity index (χ4v) is 4.04. The quantitative estimate of drug-likeness (QED) is 0.579. The van der Waals surface area contributed by atoms with Gasteiger partial charge >= 0.3 is 0 Å². The molecule has 0 spiro atoms. The predicted octanol–water partition coefficient (Wildman–Crippen LogP) is 2.88. The molecular weight excluding hydrogens is 344 g/mol. The standard InChI is InChI=1S/C17H15ClN4OS/c18-11-6-7-13-12(8-11)15(10-4-2-1-3-5-10)16(17(23)20-13)24-14-9-19-22-21-14/h1-8,14,19,21-22H,9H2,(H,20,23). The Kier molecular flexibility index (Phi) is 4.30. The Morgan fingerprint density at radius 2 is 1.96 bits per heavy atom. The van der Waals surface area contributed by atoms with Crippen molar-refractivity contribution >= 4 is 34.3 Å². The van der Waals surface area contributed by atoms with Crippen molar-refractivity contribution in [1.29, 1.82) is 0 Å². The van der Waals surface area contributed by atoms with Crippen LogP contribution in [0.25, 0.3) is 22.0 Å². The number of fused-ring (bicyclic) bond motifs is 1. The number of hydrogen-bond acceptors (Lipinski definition) is 5. The summed E-state index contributed by atoms with van der Waals surface area (Å²) in [6.45, 7) is 0.714. The van der Waals surface area contributed by atoms with Crippen molar-refractivity contribution in [1.82, 2.24) is 21.4 Å². The Labute approximate surface area is 147 Å². The van der Waals surface area contributed by atoms with Gasteiger partial charge in [0.25, 0.3) is 5.56 Å². The first-order valence-electron chi connectivity index (χ1n) is 7.53. The zero-order valence-corrected chi connectivity index (χ0v) is 14.2. The van der Waals surface area contributed by atoms with Crippen molar-refractivity contribution in [2.75, 3.05) is 6.54 Å². The van der Waals surface area contributed by atoms with Crippen molar-refractivity contribution in [3.63, 3.8) is 0 Å². The fourth-order valence-electron chi connectivity index (χ4n) is 2.79. The molecule has 1 aliphatic rings. The van der Waals surface area contributed by atoms with E-state index in [-0.39, 0.29) is 10.9 Å². The molecule has 24 heavy (non-hydrogen) atoms. The Morgan fingerprint density at radius 3 is 2.71 bits per heavy atom. The summed E-state index contributed by atoms with van der Waals surface area (Å²) in [5.74, 6) is 0. The lowest BCUT2D eigenvalue weighted by molar-refractivity contribution is 0.587. The number of nitrogens with one attached hydrogen (secondary N) is 4. The third kappa shape index (κ3) is 2.94.